The Morgan fingerprint density at radius 3 is 2.85 bits per heavy atom. The summed E-state index contributed by atoms with van der Waals surface area (Å²) in [6, 6.07) is 2.07. The Bertz CT molecular complexity index is 859. The lowest BCUT2D eigenvalue weighted by molar-refractivity contribution is 0.312. The van der Waals surface area contributed by atoms with Crippen LogP contribution >= 0.6 is 0 Å². The third kappa shape index (κ3) is 3.62. The van der Waals surface area contributed by atoms with Gasteiger partial charge in [-0.1, -0.05) is 5.16 Å². The third-order valence-electron chi connectivity index (χ3n) is 4.88. The SMILES string of the molecule is Cc1noc(C)c1-c1cc(C[C@@H]2CCN(Cc3cnccn3)C2)ncn1. The molecule has 0 saturated carbocycles. The highest BCUT2D eigenvalue weighted by atomic mass is 16.5. The molecular weight excluding hydrogens is 328 g/mol. The first-order valence-corrected chi connectivity index (χ1v) is 8.90. The molecule has 1 aliphatic rings. The molecule has 1 aliphatic heterocycles. The van der Waals surface area contributed by atoms with Crippen molar-refractivity contribution >= 4 is 0 Å². The molecule has 7 nitrogen and oxygen atoms in total. The molecule has 134 valence electrons. The van der Waals surface area contributed by atoms with Crippen LogP contribution in [0.25, 0.3) is 11.3 Å². The van der Waals surface area contributed by atoms with Gasteiger partial charge in [0.25, 0.3) is 0 Å². The van der Waals surface area contributed by atoms with Gasteiger partial charge in [-0.2, -0.15) is 0 Å². The van der Waals surface area contributed by atoms with Crippen LogP contribution in [0.4, 0.5) is 0 Å². The van der Waals surface area contributed by atoms with E-state index < -0.39 is 0 Å². The van der Waals surface area contributed by atoms with Crippen LogP contribution in [0.1, 0.15) is 29.3 Å². The van der Waals surface area contributed by atoms with Crippen molar-refractivity contribution in [2.45, 2.75) is 33.2 Å². The summed E-state index contributed by atoms with van der Waals surface area (Å²) < 4.78 is 5.27. The first-order valence-electron chi connectivity index (χ1n) is 8.90. The van der Waals surface area contributed by atoms with Gasteiger partial charge in [-0.05, 0) is 45.2 Å². The second-order valence-electron chi connectivity index (χ2n) is 6.88. The summed E-state index contributed by atoms with van der Waals surface area (Å²) in [5.41, 5.74) is 4.82. The van der Waals surface area contributed by atoms with Gasteiger partial charge < -0.3 is 4.52 Å². The molecule has 1 fully saturated rings. The van der Waals surface area contributed by atoms with Gasteiger partial charge in [0.05, 0.1) is 22.6 Å². The van der Waals surface area contributed by atoms with E-state index in [4.69, 9.17) is 4.52 Å². The van der Waals surface area contributed by atoms with Crippen LogP contribution in [0.2, 0.25) is 0 Å². The van der Waals surface area contributed by atoms with Gasteiger partial charge in [-0.15, -0.1) is 0 Å². The monoisotopic (exact) mass is 350 g/mol. The van der Waals surface area contributed by atoms with Crippen LogP contribution in [0.3, 0.4) is 0 Å². The molecule has 0 amide bonds. The number of nitrogens with zero attached hydrogens (tertiary/aromatic N) is 6. The van der Waals surface area contributed by atoms with E-state index in [1.54, 1.807) is 18.7 Å². The topological polar surface area (TPSA) is 80.8 Å². The fourth-order valence-corrected chi connectivity index (χ4v) is 3.65. The average Bonchev–Trinajstić information content (AvgIpc) is 3.22. The molecular formula is C19H22N6O. The third-order valence-corrected chi connectivity index (χ3v) is 4.88. The molecule has 3 aromatic heterocycles. The van der Waals surface area contributed by atoms with E-state index in [9.17, 15) is 0 Å². The molecule has 0 unspecified atom stereocenters. The predicted octanol–water partition coefficient (Wildman–Crippen LogP) is 2.60. The Morgan fingerprint density at radius 1 is 1.15 bits per heavy atom. The lowest BCUT2D eigenvalue weighted by Crippen LogP contribution is -2.21. The summed E-state index contributed by atoms with van der Waals surface area (Å²) in [5.74, 6) is 1.39. The molecule has 0 bridgehead atoms. The molecule has 0 N–H and O–H groups in total. The van der Waals surface area contributed by atoms with Crippen LogP contribution in [-0.2, 0) is 13.0 Å². The average molecular weight is 350 g/mol. The van der Waals surface area contributed by atoms with Gasteiger partial charge >= 0.3 is 0 Å². The van der Waals surface area contributed by atoms with Gasteiger partial charge in [-0.25, -0.2) is 9.97 Å². The number of hydrogen-bond acceptors (Lipinski definition) is 7. The minimum atomic E-state index is 0.596. The van der Waals surface area contributed by atoms with Crippen molar-refractivity contribution in [3.05, 3.63) is 53.8 Å². The molecule has 1 atom stereocenters. The van der Waals surface area contributed by atoms with Gasteiger partial charge in [0.2, 0.25) is 0 Å². The second kappa shape index (κ2) is 7.29. The highest BCUT2D eigenvalue weighted by molar-refractivity contribution is 5.63. The Kier molecular flexibility index (Phi) is 4.71. The number of hydrogen-bond donors (Lipinski definition) is 0. The maximum Gasteiger partial charge on any atom is 0.143 e. The summed E-state index contributed by atoms with van der Waals surface area (Å²) >= 11 is 0. The van der Waals surface area contributed by atoms with E-state index in [0.29, 0.717) is 5.92 Å². The first-order chi connectivity index (χ1) is 12.7. The lowest BCUT2D eigenvalue weighted by atomic mass is 10.0. The molecule has 3 aromatic rings. The van der Waals surface area contributed by atoms with Crippen molar-refractivity contribution in [1.29, 1.82) is 0 Å². The van der Waals surface area contributed by atoms with E-state index in [2.05, 4.69) is 36.1 Å². The first kappa shape index (κ1) is 16.8. The van der Waals surface area contributed by atoms with Crippen LogP contribution in [0, 0.1) is 19.8 Å². The Morgan fingerprint density at radius 2 is 2.08 bits per heavy atom. The number of aromatic nitrogens is 5. The lowest BCUT2D eigenvalue weighted by Gasteiger charge is -2.15. The minimum absolute atomic E-state index is 0.596. The van der Waals surface area contributed by atoms with E-state index in [1.807, 2.05) is 20.0 Å². The van der Waals surface area contributed by atoms with Crippen molar-refractivity contribution in [3.8, 4) is 11.3 Å². The van der Waals surface area contributed by atoms with E-state index in [0.717, 1.165) is 60.2 Å². The fraction of sp³-hybridized carbons (Fsp3) is 0.421. The number of likely N-dealkylation sites (tertiary alicyclic amines) is 1. The van der Waals surface area contributed by atoms with E-state index >= 15 is 0 Å². The predicted molar refractivity (Wildman–Crippen MR) is 96.1 cm³/mol. The number of aryl methyl sites for hydroxylation is 2. The fourth-order valence-electron chi connectivity index (χ4n) is 3.65. The zero-order valence-electron chi connectivity index (χ0n) is 15.1. The molecule has 0 aliphatic carbocycles. The maximum absolute atomic E-state index is 5.27. The van der Waals surface area contributed by atoms with Gasteiger partial charge in [-0.3, -0.25) is 14.9 Å². The van der Waals surface area contributed by atoms with Gasteiger partial charge in [0.1, 0.15) is 12.1 Å². The van der Waals surface area contributed by atoms with Gasteiger partial charge in [0.15, 0.2) is 0 Å². The van der Waals surface area contributed by atoms with Crippen molar-refractivity contribution in [3.63, 3.8) is 0 Å². The van der Waals surface area contributed by atoms with Crippen LogP contribution in [-0.4, -0.2) is 43.1 Å². The Hall–Kier alpha value is -2.67. The van der Waals surface area contributed by atoms with Crippen LogP contribution in [0.15, 0.2) is 35.5 Å². The maximum atomic E-state index is 5.27. The van der Waals surface area contributed by atoms with Crippen molar-refractivity contribution < 1.29 is 4.52 Å². The zero-order valence-corrected chi connectivity index (χ0v) is 15.1. The Labute approximate surface area is 152 Å². The molecule has 0 aromatic carbocycles. The van der Waals surface area contributed by atoms with Crippen molar-refractivity contribution in [2.24, 2.45) is 5.92 Å². The number of rotatable bonds is 5. The van der Waals surface area contributed by atoms with Crippen LogP contribution in [0.5, 0.6) is 0 Å². The zero-order chi connectivity index (χ0) is 17.9. The summed E-state index contributed by atoms with van der Waals surface area (Å²) in [6.07, 6.45) is 9.07. The molecule has 0 spiro atoms. The van der Waals surface area contributed by atoms with Crippen molar-refractivity contribution in [1.82, 2.24) is 30.0 Å². The minimum Gasteiger partial charge on any atom is -0.361 e. The highest BCUT2D eigenvalue weighted by Crippen LogP contribution is 2.27. The molecule has 0 radical (unpaired) electrons. The molecule has 1 saturated heterocycles. The summed E-state index contributed by atoms with van der Waals surface area (Å²) in [5, 5.41) is 4.02. The molecule has 4 rings (SSSR count). The highest BCUT2D eigenvalue weighted by Gasteiger charge is 2.24. The normalized spacial score (nSPS) is 17.7. The van der Waals surface area contributed by atoms with Crippen molar-refractivity contribution in [2.75, 3.05) is 13.1 Å². The second-order valence-corrected chi connectivity index (χ2v) is 6.88. The molecule has 26 heavy (non-hydrogen) atoms. The summed E-state index contributed by atoms with van der Waals surface area (Å²) in [7, 11) is 0. The molecule has 7 heteroatoms. The van der Waals surface area contributed by atoms with Crippen LogP contribution < -0.4 is 0 Å². The summed E-state index contributed by atoms with van der Waals surface area (Å²) in [6.45, 7) is 6.86. The largest absolute Gasteiger partial charge is 0.361 e. The van der Waals surface area contributed by atoms with E-state index in [1.165, 1.54) is 6.42 Å². The quantitative estimate of drug-likeness (QED) is 0.699. The Balaban J connectivity index is 1.41. The smallest absolute Gasteiger partial charge is 0.143 e. The van der Waals surface area contributed by atoms with Gasteiger partial charge in [0, 0.05) is 37.4 Å². The molecule has 4 heterocycles. The van der Waals surface area contributed by atoms with E-state index in [-0.39, 0.29) is 0 Å². The standard InChI is InChI=1S/C19H22N6O/c1-13-19(14(2)26-24-13)18-8-16(22-12-23-18)7-15-3-6-25(10-15)11-17-9-20-4-5-21-17/h4-5,8-9,12,15H,3,6-7,10-11H2,1-2H3/t15-/m0/s1. The summed E-state index contributed by atoms with van der Waals surface area (Å²) in [4.78, 5) is 19.8.